The van der Waals surface area contributed by atoms with Gasteiger partial charge in [-0.1, -0.05) is 41.6 Å². The van der Waals surface area contributed by atoms with Crippen LogP contribution in [0.2, 0.25) is 5.02 Å². The number of anilines is 1. The molecule has 0 aliphatic rings. The third-order valence-electron chi connectivity index (χ3n) is 5.78. The lowest BCUT2D eigenvalue weighted by Crippen LogP contribution is -2.13. The summed E-state index contributed by atoms with van der Waals surface area (Å²) in [6, 6.07) is 12.2. The van der Waals surface area contributed by atoms with E-state index in [1.54, 1.807) is 48.1 Å². The quantitative estimate of drug-likeness (QED) is 0.149. The molecule has 0 saturated heterocycles. The highest BCUT2D eigenvalue weighted by Gasteiger charge is 2.26. The molecule has 2 heterocycles. The lowest BCUT2D eigenvalue weighted by atomic mass is 10.1. The third-order valence-corrected chi connectivity index (χ3v) is 8.49. The summed E-state index contributed by atoms with van der Waals surface area (Å²) in [5, 5.41) is 0.347. The normalized spacial score (nSPS) is 12.9. The molecule has 218 valence electrons. The number of halogens is 1. The third kappa shape index (κ3) is 8.41. The number of imidazole rings is 1. The van der Waals surface area contributed by atoms with Gasteiger partial charge in [-0.2, -0.15) is 4.98 Å². The molecule has 4 rings (SSSR count). The van der Waals surface area contributed by atoms with Crippen LogP contribution in [0, 0.1) is 6.92 Å². The van der Waals surface area contributed by atoms with Crippen LogP contribution >= 0.6 is 31.0 Å². The molecule has 2 aromatic heterocycles. The zero-order valence-corrected chi connectivity index (χ0v) is 24.8. The van der Waals surface area contributed by atoms with Gasteiger partial charge in [0, 0.05) is 22.9 Å². The van der Waals surface area contributed by atoms with Gasteiger partial charge in [-0.05, 0) is 42.3 Å². The number of carbonyl (C=O) groups is 1. The van der Waals surface area contributed by atoms with Gasteiger partial charge in [0.2, 0.25) is 11.1 Å². The van der Waals surface area contributed by atoms with E-state index in [1.807, 2.05) is 13.0 Å². The van der Waals surface area contributed by atoms with Crippen LogP contribution in [0.3, 0.4) is 0 Å². The van der Waals surface area contributed by atoms with Crippen LogP contribution < -0.4 is 16.0 Å². The highest BCUT2D eigenvalue weighted by molar-refractivity contribution is 8.14. The van der Waals surface area contributed by atoms with Gasteiger partial charge in [0.05, 0.1) is 33.3 Å². The molecule has 1 unspecified atom stereocenters. The number of hydrogen-bond donors (Lipinski definition) is 2. The van der Waals surface area contributed by atoms with Crippen molar-refractivity contribution >= 4 is 53.2 Å². The minimum Gasteiger partial charge on any atom is -0.496 e. The highest BCUT2D eigenvalue weighted by Crippen LogP contribution is 2.49. The van der Waals surface area contributed by atoms with Crippen LogP contribution in [0.1, 0.15) is 21.5 Å². The summed E-state index contributed by atoms with van der Waals surface area (Å²) in [6.45, 7) is 2.20. The predicted octanol–water partition coefficient (Wildman–Crippen LogP) is 4.65. The molecule has 15 heteroatoms. The minimum atomic E-state index is -3.75. The molecule has 0 bridgehead atoms. The number of nitrogens with zero attached hydrogens (tertiary/aromatic N) is 3. The van der Waals surface area contributed by atoms with Gasteiger partial charge in [0.25, 0.3) is 5.56 Å². The second-order valence-corrected chi connectivity index (χ2v) is 12.3. The first kappa shape index (κ1) is 30.8. The topological polar surface area (TPSA) is 161 Å². The SMILES string of the molecule is COc1cc(C(=O)SCCOP(=O)(COCCn2cnc3c(=O)[nH]c(N)nc32)OCc2cccc(Cl)c2)ccc1C. The molecular weight excluding hydrogens is 593 g/mol. The fraction of sp³-hybridized carbons (Fsp3) is 0.308. The van der Waals surface area contributed by atoms with E-state index in [9.17, 15) is 14.2 Å². The van der Waals surface area contributed by atoms with Gasteiger partial charge in [-0.25, -0.2) is 4.98 Å². The molecular formula is C26H29ClN5O7PS. The van der Waals surface area contributed by atoms with E-state index in [2.05, 4.69) is 15.0 Å². The number of ether oxygens (including phenoxy) is 2. The molecule has 0 saturated carbocycles. The maximum atomic E-state index is 13.6. The molecule has 0 amide bonds. The molecule has 4 aromatic rings. The van der Waals surface area contributed by atoms with Crippen LogP contribution in [0.15, 0.2) is 53.6 Å². The van der Waals surface area contributed by atoms with Gasteiger partial charge in [0.1, 0.15) is 12.1 Å². The van der Waals surface area contributed by atoms with Crippen molar-refractivity contribution in [3.8, 4) is 5.75 Å². The first-order chi connectivity index (χ1) is 19.7. The number of rotatable bonds is 14. The molecule has 12 nitrogen and oxygen atoms in total. The molecule has 3 N–H and O–H groups in total. The zero-order valence-electron chi connectivity index (χ0n) is 22.4. The average Bonchev–Trinajstić information content (AvgIpc) is 3.35. The number of thioether (sulfide) groups is 1. The number of carbonyl (C=O) groups excluding carboxylic acids is 1. The monoisotopic (exact) mass is 621 g/mol. The Morgan fingerprint density at radius 3 is 2.80 bits per heavy atom. The lowest BCUT2D eigenvalue weighted by molar-refractivity contribution is 0.108. The Balaban J connectivity index is 1.34. The fourth-order valence-corrected chi connectivity index (χ4v) is 6.00. The van der Waals surface area contributed by atoms with Crippen molar-refractivity contribution in [1.29, 1.82) is 0 Å². The van der Waals surface area contributed by atoms with E-state index < -0.39 is 13.2 Å². The van der Waals surface area contributed by atoms with Gasteiger partial charge in [0.15, 0.2) is 11.2 Å². The summed E-state index contributed by atoms with van der Waals surface area (Å²) in [5.41, 5.74) is 7.76. The largest absolute Gasteiger partial charge is 0.496 e. The molecule has 41 heavy (non-hydrogen) atoms. The second kappa shape index (κ2) is 14.1. The number of nitrogens with two attached hydrogens (primary N) is 1. The maximum Gasteiger partial charge on any atom is 0.356 e. The fourth-order valence-electron chi connectivity index (χ4n) is 3.73. The van der Waals surface area contributed by atoms with E-state index in [1.165, 1.54) is 6.33 Å². The number of nitrogen functional groups attached to an aromatic ring is 1. The zero-order chi connectivity index (χ0) is 29.4. The van der Waals surface area contributed by atoms with Gasteiger partial charge in [-0.15, -0.1) is 0 Å². The van der Waals surface area contributed by atoms with Gasteiger partial charge >= 0.3 is 7.60 Å². The van der Waals surface area contributed by atoms with Crippen LogP contribution in [0.5, 0.6) is 5.75 Å². The van der Waals surface area contributed by atoms with Crippen molar-refractivity contribution in [1.82, 2.24) is 19.5 Å². The smallest absolute Gasteiger partial charge is 0.356 e. The van der Waals surface area contributed by atoms with Crippen molar-refractivity contribution in [2.75, 3.05) is 38.2 Å². The van der Waals surface area contributed by atoms with Crippen molar-refractivity contribution in [3.05, 3.63) is 80.9 Å². The summed E-state index contributed by atoms with van der Waals surface area (Å²) in [4.78, 5) is 35.2. The minimum absolute atomic E-state index is 0.0193. The lowest BCUT2D eigenvalue weighted by Gasteiger charge is -2.19. The Kier molecular flexibility index (Phi) is 10.6. The Morgan fingerprint density at radius 1 is 1.20 bits per heavy atom. The second-order valence-electron chi connectivity index (χ2n) is 8.77. The van der Waals surface area contributed by atoms with E-state index in [-0.39, 0.29) is 55.0 Å². The number of aromatic nitrogens is 4. The van der Waals surface area contributed by atoms with E-state index in [0.29, 0.717) is 27.5 Å². The van der Waals surface area contributed by atoms with Crippen LogP contribution in [0.4, 0.5) is 5.95 Å². The molecule has 0 fully saturated rings. The van der Waals surface area contributed by atoms with Crippen LogP contribution in [-0.4, -0.2) is 57.1 Å². The molecule has 0 spiro atoms. The highest BCUT2D eigenvalue weighted by atomic mass is 35.5. The number of aromatic amines is 1. The molecule has 0 radical (unpaired) electrons. The first-order valence-electron chi connectivity index (χ1n) is 12.4. The predicted molar refractivity (Wildman–Crippen MR) is 158 cm³/mol. The van der Waals surface area contributed by atoms with Crippen molar-refractivity contribution in [3.63, 3.8) is 0 Å². The summed E-state index contributed by atoms with van der Waals surface area (Å²) >= 11 is 7.08. The van der Waals surface area contributed by atoms with Gasteiger partial charge < -0.3 is 28.8 Å². The molecule has 2 aromatic carbocycles. The summed E-state index contributed by atoms with van der Waals surface area (Å²) in [6.07, 6.45) is 1.10. The molecule has 0 aliphatic heterocycles. The standard InChI is InChI=1S/C26H29ClN5O7PS/c1-17-6-7-19(13-21(17)36-2)25(34)41-11-10-38-40(35,39-14-18-4-3-5-20(27)12-18)16-37-9-8-32-15-29-22-23(32)30-26(28)31-24(22)33/h3-7,12-13,15H,8-11,14,16H2,1-2H3,(H3,28,30,31,33). The van der Waals surface area contributed by atoms with E-state index in [4.69, 9.17) is 35.9 Å². The Labute approximate surface area is 245 Å². The van der Waals surface area contributed by atoms with E-state index in [0.717, 1.165) is 17.3 Å². The van der Waals surface area contributed by atoms with Crippen LogP contribution in [0.25, 0.3) is 11.2 Å². The first-order valence-corrected chi connectivity index (χ1v) is 15.5. The molecule has 0 aliphatic carbocycles. The number of aryl methyl sites for hydroxylation is 1. The maximum absolute atomic E-state index is 13.6. The number of benzene rings is 2. The van der Waals surface area contributed by atoms with Crippen LogP contribution in [-0.2, 0) is 31.5 Å². The van der Waals surface area contributed by atoms with Gasteiger partial charge in [-0.3, -0.25) is 19.1 Å². The Morgan fingerprint density at radius 2 is 2.02 bits per heavy atom. The van der Waals surface area contributed by atoms with E-state index >= 15 is 0 Å². The number of fused-ring (bicyclic) bond motifs is 1. The Bertz CT molecular complexity index is 1630. The number of methoxy groups -OCH3 is 1. The van der Waals surface area contributed by atoms with Crippen molar-refractivity contribution in [2.24, 2.45) is 0 Å². The van der Waals surface area contributed by atoms with Crippen molar-refractivity contribution < 1.29 is 27.9 Å². The number of nitrogens with one attached hydrogen (secondary N) is 1. The summed E-state index contributed by atoms with van der Waals surface area (Å²) in [5.74, 6) is 0.830. The number of H-pyrrole nitrogens is 1. The van der Waals surface area contributed by atoms with Crippen molar-refractivity contribution in [2.45, 2.75) is 20.1 Å². The number of hydrogen-bond acceptors (Lipinski definition) is 11. The average molecular weight is 622 g/mol. The Hall–Kier alpha value is -3.19. The summed E-state index contributed by atoms with van der Waals surface area (Å²) in [7, 11) is -2.20. The summed E-state index contributed by atoms with van der Waals surface area (Å²) < 4.78 is 37.5. The molecule has 1 atom stereocenters.